The number of aliphatic hydroxyl groups is 1. The minimum atomic E-state index is -0.570. The van der Waals surface area contributed by atoms with E-state index in [4.69, 9.17) is 11.6 Å². The number of nitrogens with one attached hydrogen (secondary N) is 1. The number of carbonyl (C=O) groups excluding carboxylic acids is 2. The minimum Gasteiger partial charge on any atom is -0.391 e. The van der Waals surface area contributed by atoms with Gasteiger partial charge in [-0.05, 0) is 6.92 Å². The molecule has 2 heterocycles. The van der Waals surface area contributed by atoms with E-state index >= 15 is 0 Å². The summed E-state index contributed by atoms with van der Waals surface area (Å²) in [5, 5.41) is 11.6. The first-order valence-electron chi connectivity index (χ1n) is 5.25. The van der Waals surface area contributed by atoms with Crippen molar-refractivity contribution >= 4 is 29.2 Å². The number of anilines is 1. The average Bonchev–Trinajstić information content (AvgIpc) is 2.33. The van der Waals surface area contributed by atoms with Crippen LogP contribution in [-0.2, 0) is 16.2 Å². The van der Waals surface area contributed by atoms with Gasteiger partial charge in [0.15, 0.2) is 0 Å². The SMILES string of the molecule is CC1C(=O)NC(=O)CN1c1ncnc(Cl)c1CO. The lowest BCUT2D eigenvalue weighted by atomic mass is 10.1. The molecule has 1 unspecified atom stereocenters. The number of hydrogen-bond donors (Lipinski definition) is 2. The first kappa shape index (κ1) is 12.7. The standard InChI is InChI=1S/C10H11ClN4O3/c1-5-10(18)14-7(17)2-15(5)9-6(3-16)8(11)12-4-13-9/h4-5,16H,2-3H2,1H3,(H,14,17,18). The number of nitrogens with zero attached hydrogens (tertiary/aromatic N) is 3. The van der Waals surface area contributed by atoms with Gasteiger partial charge in [-0.25, -0.2) is 9.97 Å². The second kappa shape index (κ2) is 4.87. The van der Waals surface area contributed by atoms with Crippen LogP contribution in [0.15, 0.2) is 6.33 Å². The van der Waals surface area contributed by atoms with Gasteiger partial charge < -0.3 is 10.0 Å². The molecule has 7 nitrogen and oxygen atoms in total. The Morgan fingerprint density at radius 1 is 1.56 bits per heavy atom. The Morgan fingerprint density at radius 3 is 2.94 bits per heavy atom. The maximum absolute atomic E-state index is 11.6. The Kier molecular flexibility index (Phi) is 3.44. The van der Waals surface area contributed by atoms with E-state index in [1.54, 1.807) is 6.92 Å². The fourth-order valence-electron chi connectivity index (χ4n) is 1.74. The molecule has 1 atom stereocenters. The van der Waals surface area contributed by atoms with E-state index in [1.165, 1.54) is 11.2 Å². The van der Waals surface area contributed by atoms with Crippen molar-refractivity contribution in [1.29, 1.82) is 0 Å². The third kappa shape index (κ3) is 2.14. The quantitative estimate of drug-likeness (QED) is 0.554. The highest BCUT2D eigenvalue weighted by atomic mass is 35.5. The van der Waals surface area contributed by atoms with Crippen molar-refractivity contribution in [2.24, 2.45) is 0 Å². The van der Waals surface area contributed by atoms with Crippen LogP contribution in [0.2, 0.25) is 5.15 Å². The molecule has 2 rings (SSSR count). The van der Waals surface area contributed by atoms with E-state index in [2.05, 4.69) is 15.3 Å². The number of hydrogen-bond acceptors (Lipinski definition) is 6. The predicted octanol–water partition coefficient (Wildman–Crippen LogP) is -0.526. The highest BCUT2D eigenvalue weighted by Crippen LogP contribution is 2.25. The van der Waals surface area contributed by atoms with E-state index in [1.807, 2.05) is 0 Å². The topological polar surface area (TPSA) is 95.4 Å². The summed E-state index contributed by atoms with van der Waals surface area (Å²) in [6, 6.07) is -0.570. The lowest BCUT2D eigenvalue weighted by Gasteiger charge is -2.33. The summed E-state index contributed by atoms with van der Waals surface area (Å²) in [5.74, 6) is -0.533. The molecule has 0 saturated carbocycles. The minimum absolute atomic E-state index is 0.0206. The molecule has 96 valence electrons. The third-order valence-electron chi connectivity index (χ3n) is 2.72. The molecule has 1 aromatic rings. The molecular formula is C10H11ClN4O3. The number of carbonyl (C=O) groups is 2. The van der Waals surface area contributed by atoms with Crippen LogP contribution in [-0.4, -0.2) is 39.5 Å². The summed E-state index contributed by atoms with van der Waals surface area (Å²) in [7, 11) is 0. The van der Waals surface area contributed by atoms with Gasteiger partial charge in [0.25, 0.3) is 0 Å². The second-order valence-electron chi connectivity index (χ2n) is 3.84. The molecule has 2 amide bonds. The Balaban J connectivity index is 2.44. The Hall–Kier alpha value is -1.73. The molecule has 1 fully saturated rings. The Labute approximate surface area is 108 Å². The van der Waals surface area contributed by atoms with Gasteiger partial charge in [-0.1, -0.05) is 11.6 Å². The van der Waals surface area contributed by atoms with Crippen LogP contribution < -0.4 is 10.2 Å². The Morgan fingerprint density at radius 2 is 2.28 bits per heavy atom. The number of piperazine rings is 1. The first-order chi connectivity index (χ1) is 8.54. The number of aromatic nitrogens is 2. The van der Waals surface area contributed by atoms with Gasteiger partial charge in [0, 0.05) is 0 Å². The predicted molar refractivity (Wildman–Crippen MR) is 62.9 cm³/mol. The molecule has 8 heteroatoms. The molecule has 0 radical (unpaired) electrons. The number of imide groups is 1. The molecule has 1 saturated heterocycles. The van der Waals surface area contributed by atoms with Crippen molar-refractivity contribution in [3.63, 3.8) is 0 Å². The zero-order valence-electron chi connectivity index (χ0n) is 9.55. The van der Waals surface area contributed by atoms with Gasteiger partial charge in [-0.15, -0.1) is 0 Å². The van der Waals surface area contributed by atoms with Crippen molar-refractivity contribution in [2.75, 3.05) is 11.4 Å². The lowest BCUT2D eigenvalue weighted by molar-refractivity contribution is -0.132. The monoisotopic (exact) mass is 270 g/mol. The van der Waals surface area contributed by atoms with Crippen molar-refractivity contribution in [2.45, 2.75) is 19.6 Å². The molecule has 1 aliphatic rings. The summed E-state index contributed by atoms with van der Waals surface area (Å²) in [6.45, 7) is 1.25. The van der Waals surface area contributed by atoms with Crippen molar-refractivity contribution in [3.05, 3.63) is 17.0 Å². The highest BCUT2D eigenvalue weighted by molar-refractivity contribution is 6.30. The van der Waals surface area contributed by atoms with E-state index in [9.17, 15) is 14.7 Å². The molecule has 1 aliphatic heterocycles. The number of amides is 2. The van der Waals surface area contributed by atoms with Crippen LogP contribution in [0.5, 0.6) is 0 Å². The van der Waals surface area contributed by atoms with Crippen LogP contribution in [0, 0.1) is 0 Å². The molecular weight excluding hydrogens is 260 g/mol. The maximum atomic E-state index is 11.6. The smallest absolute Gasteiger partial charge is 0.249 e. The van der Waals surface area contributed by atoms with E-state index < -0.39 is 17.9 Å². The third-order valence-corrected chi connectivity index (χ3v) is 3.05. The fourth-order valence-corrected chi connectivity index (χ4v) is 1.93. The van der Waals surface area contributed by atoms with Crippen molar-refractivity contribution in [3.8, 4) is 0 Å². The van der Waals surface area contributed by atoms with Gasteiger partial charge in [0.2, 0.25) is 11.8 Å². The van der Waals surface area contributed by atoms with Gasteiger partial charge in [-0.2, -0.15) is 0 Å². The molecule has 2 N–H and O–H groups in total. The normalized spacial score (nSPS) is 19.9. The molecule has 0 aliphatic carbocycles. The summed E-state index contributed by atoms with van der Waals surface area (Å²) in [4.78, 5) is 32.2. The average molecular weight is 271 g/mol. The van der Waals surface area contributed by atoms with Crippen LogP contribution in [0.3, 0.4) is 0 Å². The zero-order chi connectivity index (χ0) is 13.3. The van der Waals surface area contributed by atoms with E-state index in [-0.39, 0.29) is 18.3 Å². The lowest BCUT2D eigenvalue weighted by Crippen LogP contribution is -2.57. The molecule has 0 bridgehead atoms. The Bertz CT molecular complexity index is 508. The highest BCUT2D eigenvalue weighted by Gasteiger charge is 2.32. The van der Waals surface area contributed by atoms with Gasteiger partial charge in [0.05, 0.1) is 18.7 Å². The van der Waals surface area contributed by atoms with E-state index in [0.29, 0.717) is 11.4 Å². The van der Waals surface area contributed by atoms with Crippen LogP contribution in [0.4, 0.5) is 5.82 Å². The first-order valence-corrected chi connectivity index (χ1v) is 5.63. The van der Waals surface area contributed by atoms with Crippen LogP contribution in [0.25, 0.3) is 0 Å². The summed E-state index contributed by atoms with van der Waals surface area (Å²) < 4.78 is 0. The zero-order valence-corrected chi connectivity index (χ0v) is 10.3. The van der Waals surface area contributed by atoms with Gasteiger partial charge in [-0.3, -0.25) is 14.9 Å². The van der Waals surface area contributed by atoms with Crippen molar-refractivity contribution < 1.29 is 14.7 Å². The fraction of sp³-hybridized carbons (Fsp3) is 0.400. The summed E-state index contributed by atoms with van der Waals surface area (Å²) in [6.07, 6.45) is 1.22. The van der Waals surface area contributed by atoms with Gasteiger partial charge in [0.1, 0.15) is 23.3 Å². The van der Waals surface area contributed by atoms with Gasteiger partial charge >= 0.3 is 0 Å². The van der Waals surface area contributed by atoms with Crippen LogP contribution >= 0.6 is 11.6 Å². The second-order valence-corrected chi connectivity index (χ2v) is 4.20. The molecule has 18 heavy (non-hydrogen) atoms. The largest absolute Gasteiger partial charge is 0.391 e. The molecule has 0 aromatic carbocycles. The van der Waals surface area contributed by atoms with Crippen molar-refractivity contribution in [1.82, 2.24) is 15.3 Å². The summed E-state index contributed by atoms with van der Waals surface area (Å²) >= 11 is 5.85. The maximum Gasteiger partial charge on any atom is 0.249 e. The van der Waals surface area contributed by atoms with Crippen LogP contribution in [0.1, 0.15) is 12.5 Å². The number of halogens is 1. The van der Waals surface area contributed by atoms with E-state index in [0.717, 1.165) is 0 Å². The number of aliphatic hydroxyl groups excluding tert-OH is 1. The molecule has 1 aromatic heterocycles. The molecule has 0 spiro atoms. The number of rotatable bonds is 2. The summed E-state index contributed by atoms with van der Waals surface area (Å²) in [5.41, 5.74) is 0.300.